The van der Waals surface area contributed by atoms with Gasteiger partial charge in [0.25, 0.3) is 0 Å². The van der Waals surface area contributed by atoms with Crippen molar-refractivity contribution >= 4 is 44.1 Å². The highest BCUT2D eigenvalue weighted by Crippen LogP contribution is 2.29. The topological polar surface area (TPSA) is 67.6 Å². The number of nitrogens with zero attached hydrogens (tertiary/aromatic N) is 2. The molecule has 6 nitrogen and oxygen atoms in total. The molecule has 0 aliphatic carbocycles. The molecule has 7 heteroatoms. The molecule has 1 aromatic heterocycles. The van der Waals surface area contributed by atoms with E-state index in [1.807, 2.05) is 36.4 Å². The second kappa shape index (κ2) is 7.78. The van der Waals surface area contributed by atoms with Crippen molar-refractivity contribution in [2.75, 3.05) is 10.6 Å². The molecule has 0 aliphatic heterocycles. The Morgan fingerprint density at radius 2 is 1.79 bits per heavy atom. The second-order valence-corrected chi connectivity index (χ2v) is 6.84. The van der Waals surface area contributed by atoms with Crippen molar-refractivity contribution in [3.05, 3.63) is 84.2 Å². The van der Waals surface area contributed by atoms with E-state index in [1.54, 1.807) is 36.4 Å². The van der Waals surface area contributed by atoms with Crippen LogP contribution in [0.15, 0.2) is 72.8 Å². The normalized spacial score (nSPS) is 10.2. The van der Waals surface area contributed by atoms with Gasteiger partial charge in [0.2, 0.25) is 0 Å². The van der Waals surface area contributed by atoms with Crippen molar-refractivity contribution in [1.82, 2.24) is 4.98 Å². The van der Waals surface area contributed by atoms with Crippen molar-refractivity contribution in [3.8, 4) is 11.5 Å². The number of thiazole rings is 1. The molecule has 0 saturated carbocycles. The van der Waals surface area contributed by atoms with Crippen molar-refractivity contribution < 1.29 is 9.53 Å². The molecule has 0 radical (unpaired) electrons. The lowest BCUT2D eigenvalue weighted by Gasteiger charge is -2.09. The molecule has 4 aromatic rings. The molecule has 0 unspecified atom stereocenters. The largest absolute Gasteiger partial charge is 0.457 e. The Kier molecular flexibility index (Phi) is 4.87. The number of para-hydroxylation sites is 1. The summed E-state index contributed by atoms with van der Waals surface area (Å²) in [6.07, 6.45) is 0. The van der Waals surface area contributed by atoms with Crippen molar-refractivity contribution in [2.24, 2.45) is 0 Å². The zero-order valence-electron chi connectivity index (χ0n) is 14.5. The van der Waals surface area contributed by atoms with E-state index in [1.165, 1.54) is 11.3 Å². The van der Waals surface area contributed by atoms with Crippen molar-refractivity contribution in [2.45, 2.75) is 0 Å². The number of nitrogens with one attached hydrogen (secondary N) is 2. The number of aromatic nitrogens is 1. The van der Waals surface area contributed by atoms with E-state index >= 15 is 0 Å². The number of carbonyl (C=O) groups excluding carboxylic acids is 1. The van der Waals surface area contributed by atoms with E-state index in [9.17, 15) is 4.79 Å². The van der Waals surface area contributed by atoms with Gasteiger partial charge < -0.3 is 10.1 Å². The summed E-state index contributed by atoms with van der Waals surface area (Å²) < 4.78 is 6.62. The summed E-state index contributed by atoms with van der Waals surface area (Å²) in [5.74, 6) is 1.34. The molecule has 0 atom stereocenters. The highest BCUT2D eigenvalue weighted by molar-refractivity contribution is 7.22. The molecular weight excluding hydrogens is 372 g/mol. The lowest BCUT2D eigenvalue weighted by molar-refractivity contribution is 0.262. The van der Waals surface area contributed by atoms with Gasteiger partial charge in [-0.05, 0) is 36.4 Å². The first-order chi connectivity index (χ1) is 13.7. The Labute approximate surface area is 165 Å². The van der Waals surface area contributed by atoms with Crippen LogP contribution in [-0.2, 0) is 0 Å². The highest BCUT2D eigenvalue weighted by atomic mass is 32.1. The number of ether oxygens (including phenoxy) is 1. The first kappa shape index (κ1) is 17.5. The maximum atomic E-state index is 12.3. The molecule has 0 saturated heterocycles. The fourth-order valence-corrected chi connectivity index (χ4v) is 3.45. The third-order valence-corrected chi connectivity index (χ3v) is 4.73. The maximum Gasteiger partial charge on any atom is 0.325 e. The highest BCUT2D eigenvalue weighted by Gasteiger charge is 2.09. The van der Waals surface area contributed by atoms with E-state index in [-0.39, 0.29) is 0 Å². The Morgan fingerprint density at radius 3 is 2.61 bits per heavy atom. The number of benzene rings is 3. The number of carbonyl (C=O) groups is 1. The van der Waals surface area contributed by atoms with Gasteiger partial charge in [-0.2, -0.15) is 0 Å². The molecule has 3 aromatic carbocycles. The molecule has 2 amide bonds. The number of anilines is 2. The smallest absolute Gasteiger partial charge is 0.325 e. The van der Waals surface area contributed by atoms with Crippen LogP contribution in [0.25, 0.3) is 15.1 Å². The quantitative estimate of drug-likeness (QED) is 0.405. The minimum absolute atomic E-state index is 0.402. The zero-order chi connectivity index (χ0) is 19.3. The first-order valence-corrected chi connectivity index (χ1v) is 9.20. The fraction of sp³-hybridized carbons (Fsp3) is 0. The van der Waals surface area contributed by atoms with Crippen LogP contribution in [-0.4, -0.2) is 11.0 Å². The van der Waals surface area contributed by atoms with Gasteiger partial charge in [0.1, 0.15) is 11.5 Å². The van der Waals surface area contributed by atoms with Crippen LogP contribution < -0.4 is 15.4 Å². The van der Waals surface area contributed by atoms with Crippen molar-refractivity contribution in [1.29, 1.82) is 0 Å². The molecular formula is C21H14N4O2S. The third kappa shape index (κ3) is 4.09. The molecule has 0 spiro atoms. The van der Waals surface area contributed by atoms with Gasteiger partial charge in [-0.25, -0.2) is 14.6 Å². The summed E-state index contributed by atoms with van der Waals surface area (Å²) in [6, 6.07) is 21.4. The lowest BCUT2D eigenvalue weighted by Crippen LogP contribution is -2.19. The molecule has 0 aliphatic rings. The van der Waals surface area contributed by atoms with E-state index in [0.29, 0.717) is 22.3 Å². The van der Waals surface area contributed by atoms with Crippen LogP contribution >= 0.6 is 11.3 Å². The summed E-state index contributed by atoms with van der Waals surface area (Å²) in [5, 5.41) is 5.96. The average molecular weight is 386 g/mol. The molecule has 0 bridgehead atoms. The van der Waals surface area contributed by atoms with E-state index in [0.717, 1.165) is 16.0 Å². The van der Waals surface area contributed by atoms with Gasteiger partial charge in [-0.1, -0.05) is 41.7 Å². The molecule has 28 heavy (non-hydrogen) atoms. The predicted octanol–water partition coefficient (Wildman–Crippen LogP) is 6.28. The predicted molar refractivity (Wildman–Crippen MR) is 111 cm³/mol. The number of hydrogen-bond acceptors (Lipinski definition) is 4. The monoisotopic (exact) mass is 386 g/mol. The summed E-state index contributed by atoms with van der Waals surface area (Å²) >= 11 is 1.32. The van der Waals surface area contributed by atoms with Crippen LogP contribution in [0, 0.1) is 6.57 Å². The van der Waals surface area contributed by atoms with Gasteiger partial charge in [0.05, 0.1) is 12.1 Å². The Morgan fingerprint density at radius 1 is 0.964 bits per heavy atom. The molecule has 2 N–H and O–H groups in total. The number of hydrogen-bond donors (Lipinski definition) is 2. The van der Waals surface area contributed by atoms with Gasteiger partial charge in [0, 0.05) is 16.5 Å². The summed E-state index contributed by atoms with van der Waals surface area (Å²) in [6.45, 7) is 7.07. The first-order valence-electron chi connectivity index (χ1n) is 8.39. The summed E-state index contributed by atoms with van der Waals surface area (Å²) in [7, 11) is 0. The van der Waals surface area contributed by atoms with Gasteiger partial charge in [0.15, 0.2) is 10.8 Å². The number of urea groups is 1. The van der Waals surface area contributed by atoms with E-state index in [2.05, 4.69) is 20.5 Å². The molecule has 1 heterocycles. The van der Waals surface area contributed by atoms with Crippen molar-refractivity contribution in [3.63, 3.8) is 0 Å². The van der Waals surface area contributed by atoms with Gasteiger partial charge in [-0.3, -0.25) is 5.32 Å². The zero-order valence-corrected chi connectivity index (χ0v) is 15.4. The summed E-state index contributed by atoms with van der Waals surface area (Å²) in [5.41, 5.74) is 1.88. The minimum atomic E-state index is -0.402. The second-order valence-electron chi connectivity index (χ2n) is 5.80. The number of amides is 2. The van der Waals surface area contributed by atoms with Gasteiger partial charge >= 0.3 is 6.03 Å². The number of fused-ring (bicyclic) bond motifs is 1. The van der Waals surface area contributed by atoms with Crippen LogP contribution in [0.1, 0.15) is 0 Å². The van der Waals surface area contributed by atoms with E-state index in [4.69, 9.17) is 11.3 Å². The molecule has 0 fully saturated rings. The number of rotatable bonds is 4. The Hall–Kier alpha value is -3.89. The Bertz CT molecular complexity index is 1180. The molecule has 4 rings (SSSR count). The lowest BCUT2D eigenvalue weighted by atomic mass is 10.3. The SMILES string of the molecule is [C-]#[N+]c1ccc2nc(NC(=O)Nc3cccc(Oc4ccccc4)c3)sc2c1. The van der Waals surface area contributed by atoms with Crippen LogP contribution in [0.4, 0.5) is 21.3 Å². The fourth-order valence-electron chi connectivity index (χ4n) is 2.56. The van der Waals surface area contributed by atoms with Crippen LogP contribution in [0.3, 0.4) is 0 Å². The third-order valence-electron chi connectivity index (χ3n) is 3.79. The average Bonchev–Trinajstić information content (AvgIpc) is 3.10. The minimum Gasteiger partial charge on any atom is -0.457 e. The van der Waals surface area contributed by atoms with E-state index < -0.39 is 6.03 Å². The Balaban J connectivity index is 1.44. The van der Waals surface area contributed by atoms with Gasteiger partial charge in [-0.15, -0.1) is 0 Å². The summed E-state index contributed by atoms with van der Waals surface area (Å²) in [4.78, 5) is 20.1. The maximum absolute atomic E-state index is 12.3. The standard InChI is InChI=1S/C21H14N4O2S/c1-22-14-10-11-18-19(13-14)28-21(24-18)25-20(26)23-15-6-5-9-17(12-15)27-16-7-3-2-4-8-16/h2-13H,(H2,23,24,25,26). The van der Waals surface area contributed by atoms with Crippen LogP contribution in [0.5, 0.6) is 11.5 Å². The molecule has 136 valence electrons. The van der Waals surface area contributed by atoms with Crippen LogP contribution in [0.2, 0.25) is 0 Å².